The fourth-order valence-electron chi connectivity index (χ4n) is 3.96. The number of nitrogens with one attached hydrogen (secondary N) is 1. The first-order valence-electron chi connectivity index (χ1n) is 8.49. The second kappa shape index (κ2) is 5.56. The zero-order valence-corrected chi connectivity index (χ0v) is 14.5. The highest BCUT2D eigenvalue weighted by Crippen LogP contribution is 2.50. The first-order chi connectivity index (χ1) is 11.9. The number of hydrogen-bond donors (Lipinski definition) is 1. The molecule has 1 amide bonds. The highest BCUT2D eigenvalue weighted by atomic mass is 19.1. The number of nitrogens with zero attached hydrogens (tertiary/aromatic N) is 1. The number of amides is 1. The largest absolute Gasteiger partial charge is 0.486 e. The summed E-state index contributed by atoms with van der Waals surface area (Å²) in [5, 5.41) is 3.12. The van der Waals surface area contributed by atoms with E-state index < -0.39 is 5.41 Å². The molecule has 0 radical (unpaired) electrons. The third-order valence-electron chi connectivity index (χ3n) is 5.20. The summed E-state index contributed by atoms with van der Waals surface area (Å²) in [4.78, 5) is 15.1. The van der Waals surface area contributed by atoms with Crippen molar-refractivity contribution in [3.63, 3.8) is 0 Å². The molecule has 2 heterocycles. The molecular weight excluding hydrogens is 319 g/mol. The lowest BCUT2D eigenvalue weighted by Gasteiger charge is -2.30. The average Bonchev–Trinajstić information content (AvgIpc) is 3.01. The molecule has 2 unspecified atom stereocenters. The van der Waals surface area contributed by atoms with Crippen molar-refractivity contribution < 1.29 is 13.9 Å². The van der Waals surface area contributed by atoms with Crippen LogP contribution in [-0.2, 0) is 10.2 Å². The molecule has 2 aliphatic rings. The number of halogens is 1. The van der Waals surface area contributed by atoms with Crippen LogP contribution in [0.5, 0.6) is 5.75 Å². The van der Waals surface area contributed by atoms with Gasteiger partial charge in [0.15, 0.2) is 0 Å². The van der Waals surface area contributed by atoms with Crippen LogP contribution in [0, 0.1) is 5.82 Å². The van der Waals surface area contributed by atoms with Crippen molar-refractivity contribution in [2.75, 3.05) is 18.5 Å². The van der Waals surface area contributed by atoms with Crippen LogP contribution in [0.2, 0.25) is 0 Å². The molecule has 2 aromatic carbocycles. The van der Waals surface area contributed by atoms with Gasteiger partial charge in [0.25, 0.3) is 0 Å². The third kappa shape index (κ3) is 2.26. The van der Waals surface area contributed by atoms with Gasteiger partial charge in [0.05, 0.1) is 5.41 Å². The molecule has 2 aliphatic heterocycles. The maximum Gasteiger partial charge on any atom is 0.237 e. The number of rotatable bonds is 3. The van der Waals surface area contributed by atoms with E-state index in [9.17, 15) is 9.18 Å². The second-order valence-electron chi connectivity index (χ2n) is 7.16. The Bertz CT molecular complexity index is 849. The molecule has 0 saturated heterocycles. The first-order valence-corrected chi connectivity index (χ1v) is 8.49. The van der Waals surface area contributed by atoms with Crippen LogP contribution in [-0.4, -0.2) is 25.6 Å². The van der Waals surface area contributed by atoms with Crippen LogP contribution in [0.25, 0.3) is 0 Å². The minimum absolute atomic E-state index is 0.0422. The average molecular weight is 340 g/mol. The van der Waals surface area contributed by atoms with Crippen LogP contribution in [0.3, 0.4) is 0 Å². The normalized spacial score (nSPS) is 23.4. The quantitative estimate of drug-likeness (QED) is 0.933. The molecule has 130 valence electrons. The molecule has 0 aliphatic carbocycles. The summed E-state index contributed by atoms with van der Waals surface area (Å²) in [6, 6.07) is 12.1. The Morgan fingerprint density at radius 1 is 1.24 bits per heavy atom. The Balaban J connectivity index is 1.86. The van der Waals surface area contributed by atoms with Gasteiger partial charge in [0, 0.05) is 23.9 Å². The van der Waals surface area contributed by atoms with Crippen LogP contribution < -0.4 is 15.0 Å². The number of hydrogen-bond acceptors (Lipinski definition) is 3. The summed E-state index contributed by atoms with van der Waals surface area (Å²) in [5.41, 5.74) is 2.18. The fraction of sp³-hybridized carbons (Fsp3) is 0.350. The number of fused-ring (bicyclic) bond motifs is 2. The lowest BCUT2D eigenvalue weighted by Crippen LogP contribution is -2.45. The summed E-state index contributed by atoms with van der Waals surface area (Å²) in [6.07, 6.45) is -0.271. The van der Waals surface area contributed by atoms with Crippen molar-refractivity contribution in [3.8, 4) is 5.75 Å². The Labute approximate surface area is 146 Å². The molecule has 5 heteroatoms. The van der Waals surface area contributed by atoms with E-state index in [4.69, 9.17) is 4.74 Å². The summed E-state index contributed by atoms with van der Waals surface area (Å²) >= 11 is 0. The van der Waals surface area contributed by atoms with Gasteiger partial charge in [-0.05, 0) is 38.6 Å². The molecular formula is C20H21FN2O2. The molecule has 1 N–H and O–H groups in total. The fourth-order valence-corrected chi connectivity index (χ4v) is 3.96. The SMILES string of the molecule is CNCC1Oc2cc(F)ccc2C1N1C(=O)C(C)(C)c2ccccc21. The Hall–Kier alpha value is -2.40. The minimum Gasteiger partial charge on any atom is -0.486 e. The molecule has 4 nitrogen and oxygen atoms in total. The zero-order chi connectivity index (χ0) is 17.8. The molecule has 0 spiro atoms. The minimum atomic E-state index is -0.594. The summed E-state index contributed by atoms with van der Waals surface area (Å²) in [7, 11) is 1.84. The lowest BCUT2D eigenvalue weighted by atomic mass is 9.86. The highest BCUT2D eigenvalue weighted by molar-refractivity contribution is 6.08. The number of para-hydroxylation sites is 1. The standard InChI is InChI=1S/C20H21FN2O2/c1-20(2)14-6-4-5-7-15(14)23(19(20)24)18-13-9-8-12(21)10-16(13)25-17(18)11-22-3/h4-10,17-18,22H,11H2,1-3H3. The van der Waals surface area contributed by atoms with Crippen molar-refractivity contribution in [3.05, 3.63) is 59.4 Å². The zero-order valence-electron chi connectivity index (χ0n) is 14.5. The number of carbonyl (C=O) groups is 1. The molecule has 0 fully saturated rings. The van der Waals surface area contributed by atoms with Crippen LogP contribution in [0.1, 0.15) is 31.0 Å². The van der Waals surface area contributed by atoms with Gasteiger partial charge < -0.3 is 10.1 Å². The topological polar surface area (TPSA) is 41.6 Å². The Morgan fingerprint density at radius 2 is 2.00 bits per heavy atom. The van der Waals surface area contributed by atoms with E-state index in [0.29, 0.717) is 12.3 Å². The number of carbonyl (C=O) groups excluding carboxylic acids is 1. The molecule has 2 atom stereocenters. The van der Waals surface area contributed by atoms with E-state index in [0.717, 1.165) is 16.8 Å². The van der Waals surface area contributed by atoms with Crippen molar-refractivity contribution in [1.82, 2.24) is 5.32 Å². The van der Waals surface area contributed by atoms with Crippen LogP contribution in [0.4, 0.5) is 10.1 Å². The summed E-state index contributed by atoms with van der Waals surface area (Å²) in [6.45, 7) is 4.46. The Morgan fingerprint density at radius 3 is 2.76 bits per heavy atom. The second-order valence-corrected chi connectivity index (χ2v) is 7.16. The van der Waals surface area contributed by atoms with E-state index in [1.54, 1.807) is 6.07 Å². The smallest absolute Gasteiger partial charge is 0.237 e. The number of likely N-dealkylation sites (N-methyl/N-ethyl adjacent to an activating group) is 1. The van der Waals surface area contributed by atoms with Gasteiger partial charge in [0.1, 0.15) is 23.7 Å². The van der Waals surface area contributed by atoms with Crippen molar-refractivity contribution in [2.24, 2.45) is 0 Å². The van der Waals surface area contributed by atoms with Gasteiger partial charge in [-0.3, -0.25) is 9.69 Å². The monoisotopic (exact) mass is 340 g/mol. The van der Waals surface area contributed by atoms with Crippen LogP contribution in [0.15, 0.2) is 42.5 Å². The molecule has 0 bridgehead atoms. The molecule has 25 heavy (non-hydrogen) atoms. The lowest BCUT2D eigenvalue weighted by molar-refractivity contribution is -0.122. The number of benzene rings is 2. The van der Waals surface area contributed by atoms with Gasteiger partial charge in [0.2, 0.25) is 5.91 Å². The van der Waals surface area contributed by atoms with Crippen molar-refractivity contribution in [2.45, 2.75) is 31.4 Å². The van der Waals surface area contributed by atoms with Gasteiger partial charge in [-0.25, -0.2) is 4.39 Å². The van der Waals surface area contributed by atoms with Crippen molar-refractivity contribution in [1.29, 1.82) is 0 Å². The predicted octanol–water partition coefficient (Wildman–Crippen LogP) is 3.17. The molecule has 0 aromatic heterocycles. The number of anilines is 1. The number of ether oxygens (including phenoxy) is 1. The predicted molar refractivity (Wildman–Crippen MR) is 94.4 cm³/mol. The van der Waals surface area contributed by atoms with Gasteiger partial charge >= 0.3 is 0 Å². The molecule has 0 saturated carbocycles. The molecule has 2 aromatic rings. The van der Waals surface area contributed by atoms with E-state index in [1.165, 1.54) is 12.1 Å². The van der Waals surface area contributed by atoms with E-state index in [2.05, 4.69) is 5.32 Å². The van der Waals surface area contributed by atoms with E-state index >= 15 is 0 Å². The maximum absolute atomic E-state index is 13.6. The highest BCUT2D eigenvalue weighted by Gasteiger charge is 2.50. The third-order valence-corrected chi connectivity index (χ3v) is 5.20. The van der Waals surface area contributed by atoms with Crippen molar-refractivity contribution >= 4 is 11.6 Å². The molecule has 4 rings (SSSR count). The van der Waals surface area contributed by atoms with Crippen LogP contribution >= 0.6 is 0 Å². The summed E-state index contributed by atoms with van der Waals surface area (Å²) in [5.74, 6) is 0.219. The van der Waals surface area contributed by atoms with E-state index in [-0.39, 0.29) is 23.9 Å². The first kappa shape index (κ1) is 16.1. The maximum atomic E-state index is 13.6. The van der Waals surface area contributed by atoms with E-state index in [1.807, 2.05) is 50.1 Å². The van der Waals surface area contributed by atoms with Gasteiger partial charge in [-0.2, -0.15) is 0 Å². The van der Waals surface area contributed by atoms with Gasteiger partial charge in [-0.15, -0.1) is 0 Å². The Kier molecular flexibility index (Phi) is 3.58. The van der Waals surface area contributed by atoms with Gasteiger partial charge in [-0.1, -0.05) is 24.3 Å². The summed E-state index contributed by atoms with van der Waals surface area (Å²) < 4.78 is 19.6.